The third-order valence-electron chi connectivity index (χ3n) is 3.57. The quantitative estimate of drug-likeness (QED) is 0.675. The second-order valence-electron chi connectivity index (χ2n) is 4.87. The first-order valence-corrected chi connectivity index (χ1v) is 6.57. The van der Waals surface area contributed by atoms with Gasteiger partial charge < -0.3 is 9.94 Å². The van der Waals surface area contributed by atoms with Crippen molar-refractivity contribution in [1.29, 1.82) is 0 Å². The van der Waals surface area contributed by atoms with Crippen molar-refractivity contribution in [1.82, 2.24) is 0 Å². The molecule has 0 saturated carbocycles. The number of methoxy groups -OCH3 is 1. The van der Waals surface area contributed by atoms with Gasteiger partial charge in [-0.25, -0.2) is 4.39 Å². The van der Waals surface area contributed by atoms with Gasteiger partial charge >= 0.3 is 0 Å². The van der Waals surface area contributed by atoms with Crippen molar-refractivity contribution in [2.75, 3.05) is 7.11 Å². The normalized spacial score (nSPS) is 17.2. The minimum Gasteiger partial charge on any atom is -0.497 e. The Hall–Kier alpha value is -2.62. The molecule has 2 aromatic carbocycles. The van der Waals surface area contributed by atoms with E-state index in [1.165, 1.54) is 12.1 Å². The van der Waals surface area contributed by atoms with E-state index in [2.05, 4.69) is 5.16 Å². The first-order valence-electron chi connectivity index (χ1n) is 6.57. The molecule has 4 heteroatoms. The van der Waals surface area contributed by atoms with E-state index in [0.717, 1.165) is 28.0 Å². The van der Waals surface area contributed by atoms with E-state index < -0.39 is 0 Å². The maximum atomic E-state index is 12.9. The molecule has 1 aliphatic rings. The van der Waals surface area contributed by atoms with Gasteiger partial charge in [0.25, 0.3) is 0 Å². The minimum absolute atomic E-state index is 0.271. The standard InChI is InChI=1S/C17H14FNO2/c1-21-15-7-4-12-9-13(17(19-20)16(12)10-15)8-11-2-5-14(18)6-3-11/h2-8,10,20H,9H2,1H3/b13-8+,19-17+. The molecule has 3 nitrogen and oxygen atoms in total. The fraction of sp³-hybridized carbons (Fsp3) is 0.118. The topological polar surface area (TPSA) is 41.8 Å². The fourth-order valence-electron chi connectivity index (χ4n) is 2.52. The highest BCUT2D eigenvalue weighted by Gasteiger charge is 2.24. The monoisotopic (exact) mass is 283 g/mol. The summed E-state index contributed by atoms with van der Waals surface area (Å²) in [6.07, 6.45) is 2.58. The molecule has 0 amide bonds. The molecule has 2 aromatic rings. The average molecular weight is 283 g/mol. The molecule has 0 heterocycles. The number of ether oxygens (including phenoxy) is 1. The number of oxime groups is 1. The maximum absolute atomic E-state index is 12.9. The van der Waals surface area contributed by atoms with Gasteiger partial charge in [0.15, 0.2) is 0 Å². The molecular weight excluding hydrogens is 269 g/mol. The van der Waals surface area contributed by atoms with Crippen molar-refractivity contribution < 1.29 is 14.3 Å². The summed E-state index contributed by atoms with van der Waals surface area (Å²) in [6.45, 7) is 0. The van der Waals surface area contributed by atoms with Crippen molar-refractivity contribution in [2.24, 2.45) is 5.16 Å². The molecule has 0 unspecified atom stereocenters. The van der Waals surface area contributed by atoms with E-state index >= 15 is 0 Å². The van der Waals surface area contributed by atoms with Crippen LogP contribution in [0.15, 0.2) is 53.2 Å². The number of halogens is 1. The SMILES string of the molecule is COc1ccc2c(c1)C(=N/O)/C(=C/c1ccc(F)cc1)C2. The Bertz CT molecular complexity index is 733. The zero-order chi connectivity index (χ0) is 14.8. The molecule has 0 radical (unpaired) electrons. The van der Waals surface area contributed by atoms with Gasteiger partial charge in [-0.15, -0.1) is 0 Å². The number of hydrogen-bond acceptors (Lipinski definition) is 3. The van der Waals surface area contributed by atoms with Crippen LogP contribution in [0, 0.1) is 5.82 Å². The Balaban J connectivity index is 2.01. The van der Waals surface area contributed by atoms with Crippen LogP contribution in [-0.2, 0) is 6.42 Å². The van der Waals surface area contributed by atoms with Gasteiger partial charge in [-0.2, -0.15) is 0 Å². The molecule has 1 N–H and O–H groups in total. The van der Waals surface area contributed by atoms with Crippen LogP contribution in [0.25, 0.3) is 6.08 Å². The summed E-state index contributed by atoms with van der Waals surface area (Å²) in [5, 5.41) is 12.7. The molecule has 0 aromatic heterocycles. The predicted molar refractivity (Wildman–Crippen MR) is 79.4 cm³/mol. The van der Waals surface area contributed by atoms with Crippen molar-refractivity contribution >= 4 is 11.8 Å². The summed E-state index contributed by atoms with van der Waals surface area (Å²) in [5.41, 5.74) is 4.25. The number of allylic oxidation sites excluding steroid dienone is 1. The summed E-state index contributed by atoms with van der Waals surface area (Å²) in [5.74, 6) is 0.450. The summed E-state index contributed by atoms with van der Waals surface area (Å²) in [6, 6.07) is 11.9. The molecule has 21 heavy (non-hydrogen) atoms. The van der Waals surface area contributed by atoms with Gasteiger partial charge in [0.05, 0.1) is 7.11 Å². The number of fused-ring (bicyclic) bond motifs is 1. The minimum atomic E-state index is -0.271. The Morgan fingerprint density at radius 2 is 1.95 bits per heavy atom. The van der Waals surface area contributed by atoms with E-state index in [4.69, 9.17) is 4.74 Å². The smallest absolute Gasteiger partial charge is 0.123 e. The highest BCUT2D eigenvalue weighted by molar-refractivity contribution is 6.18. The highest BCUT2D eigenvalue weighted by atomic mass is 19.1. The Kier molecular flexibility index (Phi) is 3.44. The molecule has 0 aliphatic heterocycles. The van der Waals surface area contributed by atoms with Gasteiger partial charge in [-0.3, -0.25) is 0 Å². The second kappa shape index (κ2) is 5.40. The highest BCUT2D eigenvalue weighted by Crippen LogP contribution is 2.31. The number of nitrogens with zero attached hydrogens (tertiary/aromatic N) is 1. The summed E-state index contributed by atoms with van der Waals surface area (Å²) < 4.78 is 18.1. The Labute approximate surface area is 122 Å². The zero-order valence-electron chi connectivity index (χ0n) is 11.5. The van der Waals surface area contributed by atoms with Crippen molar-refractivity contribution in [2.45, 2.75) is 6.42 Å². The van der Waals surface area contributed by atoms with E-state index in [-0.39, 0.29) is 5.82 Å². The third kappa shape index (κ3) is 2.52. The molecular formula is C17H14FNO2. The van der Waals surface area contributed by atoms with Crippen LogP contribution in [0.1, 0.15) is 16.7 Å². The Morgan fingerprint density at radius 3 is 2.62 bits per heavy atom. The lowest BCUT2D eigenvalue weighted by atomic mass is 10.1. The van der Waals surface area contributed by atoms with Crippen LogP contribution in [0.2, 0.25) is 0 Å². The number of rotatable bonds is 2. The van der Waals surface area contributed by atoms with Crippen LogP contribution in [-0.4, -0.2) is 18.0 Å². The van der Waals surface area contributed by atoms with Crippen molar-refractivity contribution in [3.8, 4) is 5.75 Å². The number of benzene rings is 2. The first kappa shape index (κ1) is 13.4. The van der Waals surface area contributed by atoms with Crippen LogP contribution < -0.4 is 4.74 Å². The van der Waals surface area contributed by atoms with Crippen LogP contribution >= 0.6 is 0 Å². The van der Waals surface area contributed by atoms with Crippen LogP contribution in [0.3, 0.4) is 0 Å². The molecule has 1 aliphatic carbocycles. The van der Waals surface area contributed by atoms with Crippen molar-refractivity contribution in [3.63, 3.8) is 0 Å². The largest absolute Gasteiger partial charge is 0.497 e. The van der Waals surface area contributed by atoms with E-state index in [9.17, 15) is 9.60 Å². The fourth-order valence-corrected chi connectivity index (χ4v) is 2.52. The molecule has 0 atom stereocenters. The zero-order valence-corrected chi connectivity index (χ0v) is 11.5. The van der Waals surface area contributed by atoms with Gasteiger partial charge in [0, 0.05) is 12.0 Å². The molecule has 0 saturated heterocycles. The summed E-state index contributed by atoms with van der Waals surface area (Å²) in [4.78, 5) is 0. The van der Waals surface area contributed by atoms with Crippen LogP contribution in [0.5, 0.6) is 5.75 Å². The Morgan fingerprint density at radius 1 is 1.19 bits per heavy atom. The molecule has 0 fully saturated rings. The average Bonchev–Trinajstić information content (AvgIpc) is 2.85. The molecule has 0 bridgehead atoms. The van der Waals surface area contributed by atoms with Gasteiger partial charge in [-0.1, -0.05) is 23.4 Å². The first-order chi connectivity index (χ1) is 10.2. The van der Waals surface area contributed by atoms with Gasteiger partial charge in [0.1, 0.15) is 17.3 Å². The predicted octanol–water partition coefficient (Wildman–Crippen LogP) is 3.65. The number of hydrogen-bond donors (Lipinski definition) is 1. The molecule has 0 spiro atoms. The lowest BCUT2D eigenvalue weighted by Gasteiger charge is -2.03. The lowest BCUT2D eigenvalue weighted by molar-refractivity contribution is 0.319. The van der Waals surface area contributed by atoms with E-state index in [1.54, 1.807) is 19.2 Å². The van der Waals surface area contributed by atoms with Gasteiger partial charge in [0.2, 0.25) is 0 Å². The van der Waals surface area contributed by atoms with Crippen molar-refractivity contribution in [3.05, 3.63) is 70.5 Å². The third-order valence-corrected chi connectivity index (χ3v) is 3.57. The van der Waals surface area contributed by atoms with E-state index in [1.807, 2.05) is 24.3 Å². The second-order valence-corrected chi connectivity index (χ2v) is 4.87. The summed E-state index contributed by atoms with van der Waals surface area (Å²) >= 11 is 0. The summed E-state index contributed by atoms with van der Waals surface area (Å²) in [7, 11) is 1.60. The molecule has 3 rings (SSSR count). The van der Waals surface area contributed by atoms with E-state index in [0.29, 0.717) is 12.1 Å². The maximum Gasteiger partial charge on any atom is 0.123 e. The van der Waals surface area contributed by atoms with Gasteiger partial charge in [-0.05, 0) is 47.0 Å². The van der Waals surface area contributed by atoms with Crippen LogP contribution in [0.4, 0.5) is 4.39 Å². The lowest BCUT2D eigenvalue weighted by Crippen LogP contribution is -1.98. The molecule has 106 valence electrons.